The molecule has 16 heavy (non-hydrogen) atoms. The van der Waals surface area contributed by atoms with Gasteiger partial charge in [0.2, 0.25) is 0 Å². The van der Waals surface area contributed by atoms with E-state index in [0.717, 1.165) is 6.42 Å². The summed E-state index contributed by atoms with van der Waals surface area (Å²) in [6, 6.07) is 1.38. The van der Waals surface area contributed by atoms with Crippen LogP contribution >= 0.6 is 0 Å². The Hall–Kier alpha value is -1.87. The maximum Gasteiger partial charge on any atom is 0.328 e. The van der Waals surface area contributed by atoms with E-state index in [0.29, 0.717) is 12.8 Å². The van der Waals surface area contributed by atoms with Gasteiger partial charge in [0.15, 0.2) is 0 Å². The van der Waals surface area contributed by atoms with Gasteiger partial charge in [0.05, 0.1) is 12.1 Å². The molecule has 84 valence electrons. The largest absolute Gasteiger partial charge is 0.391 e. The SMILES string of the molecule is N#Cc1cn(C2CCCC2O)c(=O)[nH]c1=O. The van der Waals surface area contributed by atoms with Crippen molar-refractivity contribution in [2.24, 2.45) is 0 Å². The van der Waals surface area contributed by atoms with Crippen LogP contribution in [0.1, 0.15) is 30.9 Å². The van der Waals surface area contributed by atoms with Crippen molar-refractivity contribution in [1.82, 2.24) is 9.55 Å². The third kappa shape index (κ3) is 1.66. The zero-order valence-corrected chi connectivity index (χ0v) is 8.51. The summed E-state index contributed by atoms with van der Waals surface area (Å²) in [4.78, 5) is 24.8. The van der Waals surface area contributed by atoms with Crippen molar-refractivity contribution in [3.05, 3.63) is 32.6 Å². The Morgan fingerprint density at radius 3 is 2.81 bits per heavy atom. The van der Waals surface area contributed by atoms with Gasteiger partial charge in [-0.05, 0) is 19.3 Å². The second-order valence-corrected chi connectivity index (χ2v) is 3.89. The van der Waals surface area contributed by atoms with Crippen LogP contribution in [-0.4, -0.2) is 20.8 Å². The van der Waals surface area contributed by atoms with Crippen molar-refractivity contribution in [1.29, 1.82) is 5.26 Å². The molecule has 6 nitrogen and oxygen atoms in total. The molecule has 1 aromatic heterocycles. The van der Waals surface area contributed by atoms with E-state index < -0.39 is 17.4 Å². The molecule has 2 rings (SSSR count). The Balaban J connectivity index is 2.53. The fraction of sp³-hybridized carbons (Fsp3) is 0.500. The van der Waals surface area contributed by atoms with Crippen molar-refractivity contribution in [3.8, 4) is 6.07 Å². The second-order valence-electron chi connectivity index (χ2n) is 3.89. The quantitative estimate of drug-likeness (QED) is 0.667. The molecule has 1 aromatic rings. The van der Waals surface area contributed by atoms with Crippen LogP contribution in [0.2, 0.25) is 0 Å². The van der Waals surface area contributed by atoms with Crippen LogP contribution in [0.15, 0.2) is 15.8 Å². The molecular formula is C10H11N3O3. The van der Waals surface area contributed by atoms with Crippen LogP contribution < -0.4 is 11.2 Å². The second kappa shape index (κ2) is 3.94. The molecule has 0 aliphatic heterocycles. The summed E-state index contributed by atoms with van der Waals surface area (Å²) < 4.78 is 1.25. The molecule has 2 N–H and O–H groups in total. The van der Waals surface area contributed by atoms with Gasteiger partial charge in [-0.15, -0.1) is 0 Å². The number of rotatable bonds is 1. The molecule has 0 saturated heterocycles. The molecule has 1 fully saturated rings. The Kier molecular flexibility index (Phi) is 2.62. The van der Waals surface area contributed by atoms with Crippen LogP contribution in [0.3, 0.4) is 0 Å². The average Bonchev–Trinajstić information content (AvgIpc) is 2.65. The number of H-pyrrole nitrogens is 1. The van der Waals surface area contributed by atoms with Crippen LogP contribution in [-0.2, 0) is 0 Å². The van der Waals surface area contributed by atoms with Crippen LogP contribution in [0.25, 0.3) is 0 Å². The lowest BCUT2D eigenvalue weighted by molar-refractivity contribution is 0.134. The summed E-state index contributed by atoms with van der Waals surface area (Å²) in [5.74, 6) is 0. The number of nitriles is 1. The lowest BCUT2D eigenvalue weighted by atomic mass is 10.2. The summed E-state index contributed by atoms with van der Waals surface area (Å²) in [6.07, 6.45) is 2.78. The third-order valence-corrected chi connectivity index (χ3v) is 2.89. The first-order valence-corrected chi connectivity index (χ1v) is 5.07. The smallest absolute Gasteiger partial charge is 0.328 e. The number of hydrogen-bond donors (Lipinski definition) is 2. The average molecular weight is 221 g/mol. The molecule has 0 bridgehead atoms. The molecule has 1 aliphatic carbocycles. The standard InChI is InChI=1S/C10H11N3O3/c11-4-6-5-13(10(16)12-9(6)15)7-2-1-3-8(7)14/h5,7-8,14H,1-3H2,(H,12,15,16). The van der Waals surface area contributed by atoms with Gasteiger partial charge in [0.25, 0.3) is 5.56 Å². The van der Waals surface area contributed by atoms with Crippen molar-refractivity contribution >= 4 is 0 Å². The zero-order chi connectivity index (χ0) is 11.7. The number of aromatic nitrogens is 2. The van der Waals surface area contributed by atoms with Crippen LogP contribution in [0.4, 0.5) is 0 Å². The van der Waals surface area contributed by atoms with E-state index in [2.05, 4.69) is 4.98 Å². The van der Waals surface area contributed by atoms with Gasteiger partial charge in [-0.1, -0.05) is 0 Å². The van der Waals surface area contributed by atoms with Crippen LogP contribution in [0.5, 0.6) is 0 Å². The van der Waals surface area contributed by atoms with Gasteiger partial charge in [-0.2, -0.15) is 5.26 Å². The predicted octanol–water partition coefficient (Wildman–Crippen LogP) is -0.506. The van der Waals surface area contributed by atoms with E-state index in [9.17, 15) is 14.7 Å². The molecule has 1 heterocycles. The van der Waals surface area contributed by atoms with E-state index in [1.807, 2.05) is 0 Å². The molecular weight excluding hydrogens is 210 g/mol. The number of hydrogen-bond acceptors (Lipinski definition) is 4. The zero-order valence-electron chi connectivity index (χ0n) is 8.51. The van der Waals surface area contributed by atoms with Crippen LogP contribution in [0, 0.1) is 11.3 Å². The normalized spacial score (nSPS) is 24.2. The number of aliphatic hydroxyl groups excluding tert-OH is 1. The third-order valence-electron chi connectivity index (χ3n) is 2.89. The molecule has 0 aromatic carbocycles. The van der Waals surface area contributed by atoms with E-state index in [-0.39, 0.29) is 11.6 Å². The molecule has 0 radical (unpaired) electrons. The van der Waals surface area contributed by atoms with E-state index in [1.165, 1.54) is 10.8 Å². The van der Waals surface area contributed by atoms with Gasteiger partial charge in [-0.3, -0.25) is 14.3 Å². The fourth-order valence-electron chi connectivity index (χ4n) is 2.06. The summed E-state index contributed by atoms with van der Waals surface area (Å²) in [5, 5.41) is 18.4. The first-order chi connectivity index (χ1) is 7.63. The maximum absolute atomic E-state index is 11.5. The predicted molar refractivity (Wildman–Crippen MR) is 54.9 cm³/mol. The summed E-state index contributed by atoms with van der Waals surface area (Å²) >= 11 is 0. The molecule has 2 atom stereocenters. The van der Waals surface area contributed by atoms with Crippen molar-refractivity contribution < 1.29 is 5.11 Å². The van der Waals surface area contributed by atoms with E-state index in [1.54, 1.807) is 6.07 Å². The minimum Gasteiger partial charge on any atom is -0.391 e. The number of aliphatic hydroxyl groups is 1. The molecule has 1 aliphatic rings. The Bertz CT molecular complexity index is 552. The van der Waals surface area contributed by atoms with Gasteiger partial charge < -0.3 is 5.11 Å². The highest BCUT2D eigenvalue weighted by atomic mass is 16.3. The fourth-order valence-corrected chi connectivity index (χ4v) is 2.06. The van der Waals surface area contributed by atoms with Gasteiger partial charge >= 0.3 is 5.69 Å². The highest BCUT2D eigenvalue weighted by Crippen LogP contribution is 2.28. The molecule has 1 saturated carbocycles. The first kappa shape index (κ1) is 10.6. The topological polar surface area (TPSA) is 98.9 Å². The maximum atomic E-state index is 11.5. The minimum absolute atomic E-state index is 0.112. The minimum atomic E-state index is -0.684. The highest BCUT2D eigenvalue weighted by molar-refractivity contribution is 5.22. The summed E-state index contributed by atoms with van der Waals surface area (Å²) in [6.45, 7) is 0. The molecule has 2 unspecified atom stereocenters. The summed E-state index contributed by atoms with van der Waals surface area (Å²) in [5.41, 5.74) is -1.37. The summed E-state index contributed by atoms with van der Waals surface area (Å²) in [7, 11) is 0. The lowest BCUT2D eigenvalue weighted by Gasteiger charge is -2.16. The molecule has 0 amide bonds. The van der Waals surface area contributed by atoms with Gasteiger partial charge in [-0.25, -0.2) is 4.79 Å². The van der Waals surface area contributed by atoms with Crippen molar-refractivity contribution in [2.75, 3.05) is 0 Å². The van der Waals surface area contributed by atoms with E-state index >= 15 is 0 Å². The number of nitrogens with one attached hydrogen (secondary N) is 1. The monoisotopic (exact) mass is 221 g/mol. The molecule has 6 heteroatoms. The lowest BCUT2D eigenvalue weighted by Crippen LogP contribution is -2.35. The Morgan fingerprint density at radius 1 is 1.50 bits per heavy atom. The number of nitrogens with zero attached hydrogens (tertiary/aromatic N) is 2. The van der Waals surface area contributed by atoms with Gasteiger partial charge in [0, 0.05) is 6.20 Å². The van der Waals surface area contributed by atoms with Crippen molar-refractivity contribution in [3.63, 3.8) is 0 Å². The van der Waals surface area contributed by atoms with Crippen molar-refractivity contribution in [2.45, 2.75) is 31.4 Å². The Morgan fingerprint density at radius 2 is 2.25 bits per heavy atom. The van der Waals surface area contributed by atoms with Gasteiger partial charge in [0.1, 0.15) is 11.6 Å². The number of aromatic amines is 1. The van der Waals surface area contributed by atoms with E-state index in [4.69, 9.17) is 5.26 Å². The first-order valence-electron chi connectivity index (χ1n) is 5.07. The molecule has 0 spiro atoms. The Labute approximate surface area is 90.8 Å². The highest BCUT2D eigenvalue weighted by Gasteiger charge is 2.27.